The summed E-state index contributed by atoms with van der Waals surface area (Å²) in [5.41, 5.74) is 5.59. The second kappa shape index (κ2) is 3.84. The highest BCUT2D eigenvalue weighted by Crippen LogP contribution is 2.28. The normalized spacial score (nSPS) is 16.6. The fourth-order valence-corrected chi connectivity index (χ4v) is 2.37. The largest absolute Gasteiger partial charge is 0.375 e. The van der Waals surface area contributed by atoms with Crippen LogP contribution in [0.4, 0.5) is 10.9 Å². The zero-order valence-electron chi connectivity index (χ0n) is 7.86. The molecule has 1 fully saturated rings. The van der Waals surface area contributed by atoms with E-state index >= 15 is 0 Å². The molecule has 74 valence electrons. The van der Waals surface area contributed by atoms with Gasteiger partial charge in [0.05, 0.1) is 0 Å². The molecule has 1 saturated heterocycles. The molecule has 1 aromatic rings. The first-order chi connectivity index (χ1) is 6.81. The molecule has 1 aliphatic heterocycles. The minimum absolute atomic E-state index is 0.488. The molecule has 2 N–H and O–H groups in total. The van der Waals surface area contributed by atoms with Crippen molar-refractivity contribution in [3.63, 3.8) is 0 Å². The highest BCUT2D eigenvalue weighted by molar-refractivity contribution is 7.16. The van der Waals surface area contributed by atoms with Gasteiger partial charge in [0.25, 0.3) is 0 Å². The lowest BCUT2D eigenvalue weighted by Gasteiger charge is -2.26. The van der Waals surface area contributed by atoms with Crippen LogP contribution in [0.3, 0.4) is 0 Å². The summed E-state index contributed by atoms with van der Waals surface area (Å²) in [6.07, 6.45) is 3.64. The molecule has 2 rings (SSSR count). The lowest BCUT2D eigenvalue weighted by molar-refractivity contribution is 0.574. The lowest BCUT2D eigenvalue weighted by Crippen LogP contribution is -2.30. The average molecular weight is 208 g/mol. The highest BCUT2D eigenvalue weighted by atomic mass is 32.1. The van der Waals surface area contributed by atoms with E-state index in [9.17, 15) is 0 Å². The molecule has 0 atom stereocenters. The molecule has 0 unspecified atom stereocenters. The first-order valence-corrected chi connectivity index (χ1v) is 5.54. The summed E-state index contributed by atoms with van der Waals surface area (Å²) < 4.78 is 0. The van der Waals surface area contributed by atoms with Gasteiger partial charge in [-0.15, -0.1) is 0 Å². The molecule has 1 aromatic heterocycles. The molecule has 0 saturated carbocycles. The number of nitrogen functional groups attached to an aromatic ring is 1. The maximum atomic E-state index is 8.90. The number of nitrogens with two attached hydrogens (primary N) is 1. The Kier molecular flexibility index (Phi) is 2.55. The molecule has 0 radical (unpaired) electrons. The SMILES string of the molecule is N#Cc1sc(N)nc1N1CCCCC1. The third-order valence-electron chi connectivity index (χ3n) is 2.38. The molecule has 4 nitrogen and oxygen atoms in total. The Morgan fingerprint density at radius 1 is 1.36 bits per heavy atom. The Bertz CT molecular complexity index is 359. The summed E-state index contributed by atoms with van der Waals surface area (Å²) in [6, 6.07) is 2.15. The van der Waals surface area contributed by atoms with Gasteiger partial charge < -0.3 is 10.6 Å². The minimum Gasteiger partial charge on any atom is -0.375 e. The van der Waals surface area contributed by atoms with Gasteiger partial charge in [-0.2, -0.15) is 5.26 Å². The van der Waals surface area contributed by atoms with Crippen LogP contribution < -0.4 is 10.6 Å². The van der Waals surface area contributed by atoms with Crippen LogP contribution in [0.5, 0.6) is 0 Å². The van der Waals surface area contributed by atoms with Gasteiger partial charge >= 0.3 is 0 Å². The molecule has 0 amide bonds. The van der Waals surface area contributed by atoms with E-state index in [4.69, 9.17) is 11.0 Å². The number of rotatable bonds is 1. The first-order valence-electron chi connectivity index (χ1n) is 4.72. The summed E-state index contributed by atoms with van der Waals surface area (Å²) in [5, 5.41) is 9.39. The molecule has 1 aliphatic rings. The molecular formula is C9H12N4S. The Balaban J connectivity index is 2.25. The number of nitriles is 1. The monoisotopic (exact) mass is 208 g/mol. The highest BCUT2D eigenvalue weighted by Gasteiger charge is 2.18. The van der Waals surface area contributed by atoms with Gasteiger partial charge in [0.15, 0.2) is 15.8 Å². The molecule has 0 aliphatic carbocycles. The van der Waals surface area contributed by atoms with Crippen LogP contribution >= 0.6 is 11.3 Å². The van der Waals surface area contributed by atoms with Gasteiger partial charge in [-0.1, -0.05) is 11.3 Å². The van der Waals surface area contributed by atoms with Gasteiger partial charge in [-0.25, -0.2) is 4.98 Å². The second-order valence-corrected chi connectivity index (χ2v) is 4.39. The van der Waals surface area contributed by atoms with E-state index in [1.807, 2.05) is 0 Å². The van der Waals surface area contributed by atoms with E-state index in [2.05, 4.69) is 16.0 Å². The molecule has 0 spiro atoms. The van der Waals surface area contributed by atoms with Crippen molar-refractivity contribution in [1.29, 1.82) is 5.26 Å². The van der Waals surface area contributed by atoms with Crippen LogP contribution in [0.2, 0.25) is 0 Å². The molecule has 14 heavy (non-hydrogen) atoms. The Morgan fingerprint density at radius 2 is 2.07 bits per heavy atom. The smallest absolute Gasteiger partial charge is 0.183 e. The van der Waals surface area contributed by atoms with Crippen LogP contribution in [0.25, 0.3) is 0 Å². The van der Waals surface area contributed by atoms with Gasteiger partial charge in [0, 0.05) is 13.1 Å². The van der Waals surface area contributed by atoms with Crippen molar-refractivity contribution in [2.24, 2.45) is 0 Å². The molecule has 0 aromatic carbocycles. The van der Waals surface area contributed by atoms with E-state index < -0.39 is 0 Å². The zero-order chi connectivity index (χ0) is 9.97. The topological polar surface area (TPSA) is 65.9 Å². The first kappa shape index (κ1) is 9.28. The fourth-order valence-electron chi connectivity index (χ4n) is 1.72. The summed E-state index contributed by atoms with van der Waals surface area (Å²) in [6.45, 7) is 2.00. The van der Waals surface area contributed by atoms with Gasteiger partial charge in [-0.05, 0) is 19.3 Å². The number of aromatic nitrogens is 1. The summed E-state index contributed by atoms with van der Waals surface area (Å²) in [7, 11) is 0. The second-order valence-electron chi connectivity index (χ2n) is 3.36. The predicted octanol–water partition coefficient (Wildman–Crippen LogP) is 1.59. The maximum absolute atomic E-state index is 8.90. The van der Waals surface area contributed by atoms with E-state index in [1.165, 1.54) is 30.6 Å². The minimum atomic E-state index is 0.488. The van der Waals surface area contributed by atoms with Crippen molar-refractivity contribution in [2.45, 2.75) is 19.3 Å². The molecule has 2 heterocycles. The number of piperidine rings is 1. The number of anilines is 2. The van der Waals surface area contributed by atoms with Crippen molar-refractivity contribution in [1.82, 2.24) is 4.98 Å². The van der Waals surface area contributed by atoms with Crippen LogP contribution in [-0.2, 0) is 0 Å². The lowest BCUT2D eigenvalue weighted by atomic mass is 10.1. The van der Waals surface area contributed by atoms with Crippen molar-refractivity contribution >= 4 is 22.3 Å². The summed E-state index contributed by atoms with van der Waals surface area (Å²) in [5.74, 6) is 0.787. The standard InChI is InChI=1S/C9H12N4S/c10-6-7-8(12-9(11)14-7)13-4-2-1-3-5-13/h1-5H2,(H2,11,12). The van der Waals surface area contributed by atoms with Crippen molar-refractivity contribution in [3.05, 3.63) is 4.88 Å². The van der Waals surface area contributed by atoms with Crippen molar-refractivity contribution < 1.29 is 0 Å². The molecular weight excluding hydrogens is 196 g/mol. The van der Waals surface area contributed by atoms with E-state index in [1.54, 1.807) is 0 Å². The van der Waals surface area contributed by atoms with Gasteiger partial charge in [0.1, 0.15) is 6.07 Å². The van der Waals surface area contributed by atoms with Crippen molar-refractivity contribution in [2.75, 3.05) is 23.7 Å². The van der Waals surface area contributed by atoms with E-state index in [0.717, 1.165) is 18.9 Å². The van der Waals surface area contributed by atoms with Crippen molar-refractivity contribution in [3.8, 4) is 6.07 Å². The van der Waals surface area contributed by atoms with Gasteiger partial charge in [-0.3, -0.25) is 0 Å². The van der Waals surface area contributed by atoms with E-state index in [-0.39, 0.29) is 0 Å². The third kappa shape index (κ3) is 1.66. The van der Waals surface area contributed by atoms with Crippen LogP contribution in [0.1, 0.15) is 24.1 Å². The summed E-state index contributed by atoms with van der Waals surface area (Å²) in [4.78, 5) is 7.01. The van der Waals surface area contributed by atoms with Gasteiger partial charge in [0.2, 0.25) is 0 Å². The molecule has 0 bridgehead atoms. The zero-order valence-corrected chi connectivity index (χ0v) is 8.68. The fraction of sp³-hybridized carbons (Fsp3) is 0.556. The number of thiazole rings is 1. The average Bonchev–Trinajstić information content (AvgIpc) is 2.61. The Hall–Kier alpha value is -1.28. The van der Waals surface area contributed by atoms with Crippen LogP contribution in [0, 0.1) is 11.3 Å². The number of nitrogens with zero attached hydrogens (tertiary/aromatic N) is 3. The Labute approximate surface area is 87.0 Å². The Morgan fingerprint density at radius 3 is 2.71 bits per heavy atom. The maximum Gasteiger partial charge on any atom is 0.183 e. The van der Waals surface area contributed by atoms with Crippen LogP contribution in [0.15, 0.2) is 0 Å². The third-order valence-corrected chi connectivity index (χ3v) is 3.16. The van der Waals surface area contributed by atoms with E-state index in [0.29, 0.717) is 10.0 Å². The number of hydrogen-bond acceptors (Lipinski definition) is 5. The summed E-state index contributed by atoms with van der Waals surface area (Å²) >= 11 is 1.27. The van der Waals surface area contributed by atoms with Crippen LogP contribution in [-0.4, -0.2) is 18.1 Å². The molecule has 5 heteroatoms. The number of hydrogen-bond donors (Lipinski definition) is 1. The predicted molar refractivity (Wildman–Crippen MR) is 57.3 cm³/mol. The quantitative estimate of drug-likeness (QED) is 0.761.